The van der Waals surface area contributed by atoms with Crippen molar-refractivity contribution in [1.29, 1.82) is 0 Å². The maximum absolute atomic E-state index is 6.36. The highest BCUT2D eigenvalue weighted by Crippen LogP contribution is 2.43. The first-order valence-corrected chi connectivity index (χ1v) is 7.96. The predicted molar refractivity (Wildman–Crippen MR) is 82.2 cm³/mol. The van der Waals surface area contributed by atoms with Gasteiger partial charge in [-0.15, -0.1) is 11.6 Å². The first-order chi connectivity index (χ1) is 9.45. The zero-order valence-corrected chi connectivity index (χ0v) is 13.5. The summed E-state index contributed by atoms with van der Waals surface area (Å²) in [5, 5.41) is 4.52. The van der Waals surface area contributed by atoms with Gasteiger partial charge < -0.3 is 4.57 Å². The molecule has 110 valence electrons. The van der Waals surface area contributed by atoms with Crippen LogP contribution in [0.25, 0.3) is 11.2 Å². The second kappa shape index (κ2) is 4.76. The van der Waals surface area contributed by atoms with Gasteiger partial charge in [0.15, 0.2) is 5.65 Å². The third-order valence-electron chi connectivity index (χ3n) is 4.58. The second-order valence-electron chi connectivity index (χ2n) is 6.41. The molecule has 0 aliphatic heterocycles. The van der Waals surface area contributed by atoms with Gasteiger partial charge in [-0.25, -0.2) is 9.67 Å². The molecule has 1 saturated carbocycles. The maximum Gasteiger partial charge on any atom is 0.158 e. The Balaban J connectivity index is 2.16. The molecule has 1 aliphatic carbocycles. The van der Waals surface area contributed by atoms with E-state index in [2.05, 4.69) is 28.2 Å². The van der Waals surface area contributed by atoms with Gasteiger partial charge in [-0.3, -0.25) is 0 Å². The molecule has 0 bridgehead atoms. The zero-order chi connectivity index (χ0) is 14.5. The fourth-order valence-electron chi connectivity index (χ4n) is 3.24. The molecule has 0 spiro atoms. The molecule has 1 atom stereocenters. The number of aromatic nitrogens is 4. The summed E-state index contributed by atoms with van der Waals surface area (Å²) in [6.07, 6.45) is 3.93. The summed E-state index contributed by atoms with van der Waals surface area (Å²) in [5.74, 6) is 0.984. The third-order valence-corrected chi connectivity index (χ3v) is 4.78. The Morgan fingerprint density at radius 1 is 1.40 bits per heavy atom. The normalized spacial score (nSPS) is 19.2. The number of halogens is 1. The van der Waals surface area contributed by atoms with Gasteiger partial charge in [0, 0.05) is 13.1 Å². The highest BCUT2D eigenvalue weighted by atomic mass is 35.5. The first kappa shape index (κ1) is 13.9. The molecule has 2 aromatic rings. The van der Waals surface area contributed by atoms with Gasteiger partial charge in [0.2, 0.25) is 0 Å². The van der Waals surface area contributed by atoms with Crippen LogP contribution >= 0.6 is 11.6 Å². The van der Waals surface area contributed by atoms with Crippen molar-refractivity contribution in [3.8, 4) is 0 Å². The molecule has 0 N–H and O–H groups in total. The average Bonchev–Trinajstić information content (AvgIpc) is 2.87. The van der Waals surface area contributed by atoms with Gasteiger partial charge in [0.05, 0.1) is 11.1 Å². The summed E-state index contributed by atoms with van der Waals surface area (Å²) in [6.45, 7) is 10.4. The molecule has 0 amide bonds. The van der Waals surface area contributed by atoms with Gasteiger partial charge in [-0.05, 0) is 39.0 Å². The van der Waals surface area contributed by atoms with Crippen LogP contribution in [-0.2, 0) is 13.1 Å². The van der Waals surface area contributed by atoms with Crippen LogP contribution in [0.3, 0.4) is 0 Å². The van der Waals surface area contributed by atoms with Crippen molar-refractivity contribution in [2.45, 2.75) is 65.4 Å². The molecule has 3 rings (SSSR count). The number of fused-ring (bicyclic) bond motifs is 1. The van der Waals surface area contributed by atoms with Gasteiger partial charge >= 0.3 is 0 Å². The van der Waals surface area contributed by atoms with E-state index in [-0.39, 0.29) is 5.38 Å². The lowest BCUT2D eigenvalue weighted by atomic mass is 9.70. The van der Waals surface area contributed by atoms with Crippen LogP contribution in [0.4, 0.5) is 0 Å². The lowest BCUT2D eigenvalue weighted by molar-refractivity contribution is 0.132. The van der Waals surface area contributed by atoms with E-state index in [1.54, 1.807) is 0 Å². The van der Waals surface area contributed by atoms with Crippen molar-refractivity contribution in [1.82, 2.24) is 19.3 Å². The molecule has 4 nitrogen and oxygen atoms in total. The van der Waals surface area contributed by atoms with E-state index >= 15 is 0 Å². The number of hydrogen-bond acceptors (Lipinski definition) is 2. The molecule has 1 fully saturated rings. The highest BCUT2D eigenvalue weighted by Gasteiger charge is 2.34. The Bertz CT molecular complexity index is 634. The molecule has 2 heterocycles. The molecule has 1 aliphatic rings. The summed E-state index contributed by atoms with van der Waals surface area (Å²) < 4.78 is 4.37. The summed E-state index contributed by atoms with van der Waals surface area (Å²) in [5.41, 5.74) is 3.54. The average molecular weight is 295 g/mol. The van der Waals surface area contributed by atoms with E-state index in [0.717, 1.165) is 35.8 Å². The molecule has 20 heavy (non-hydrogen) atoms. The standard InChI is InChI=1S/C15H23ClN4/c1-5-20-14-12(11(3)18-20)17-13(10(2)16)19(14)9-15(4)7-6-8-15/h10H,5-9H2,1-4H3. The summed E-state index contributed by atoms with van der Waals surface area (Å²) >= 11 is 6.36. The van der Waals surface area contributed by atoms with Crippen LogP contribution in [0.15, 0.2) is 0 Å². The summed E-state index contributed by atoms with van der Waals surface area (Å²) in [4.78, 5) is 4.77. The minimum absolute atomic E-state index is 0.0733. The Labute approximate surface area is 125 Å². The lowest BCUT2D eigenvalue weighted by Gasteiger charge is -2.39. The van der Waals surface area contributed by atoms with Crippen molar-refractivity contribution in [2.75, 3.05) is 0 Å². The van der Waals surface area contributed by atoms with E-state index in [1.807, 2.05) is 13.8 Å². The predicted octanol–water partition coefficient (Wildman–Crippen LogP) is 4.05. The molecule has 1 unspecified atom stereocenters. The zero-order valence-electron chi connectivity index (χ0n) is 12.8. The van der Waals surface area contributed by atoms with Crippen LogP contribution in [0, 0.1) is 12.3 Å². The van der Waals surface area contributed by atoms with Crippen molar-refractivity contribution in [2.24, 2.45) is 5.41 Å². The number of nitrogens with zero attached hydrogens (tertiary/aromatic N) is 4. The molecule has 2 aromatic heterocycles. The Morgan fingerprint density at radius 2 is 2.10 bits per heavy atom. The largest absolute Gasteiger partial charge is 0.311 e. The summed E-state index contributed by atoms with van der Waals surface area (Å²) in [7, 11) is 0. The SMILES string of the molecule is CCn1nc(C)c2nc(C(C)Cl)n(CC3(C)CCC3)c21. The van der Waals surface area contributed by atoms with Crippen LogP contribution < -0.4 is 0 Å². The van der Waals surface area contributed by atoms with Gasteiger partial charge in [-0.2, -0.15) is 5.10 Å². The monoisotopic (exact) mass is 294 g/mol. The van der Waals surface area contributed by atoms with Crippen molar-refractivity contribution >= 4 is 22.8 Å². The van der Waals surface area contributed by atoms with Crippen LogP contribution in [0.1, 0.15) is 56.9 Å². The van der Waals surface area contributed by atoms with Crippen molar-refractivity contribution in [3.05, 3.63) is 11.5 Å². The van der Waals surface area contributed by atoms with Crippen LogP contribution in [-0.4, -0.2) is 19.3 Å². The fraction of sp³-hybridized carbons (Fsp3) is 0.733. The number of rotatable bonds is 4. The van der Waals surface area contributed by atoms with Crippen molar-refractivity contribution in [3.63, 3.8) is 0 Å². The van der Waals surface area contributed by atoms with Crippen LogP contribution in [0.5, 0.6) is 0 Å². The molecule has 0 saturated heterocycles. The first-order valence-electron chi connectivity index (χ1n) is 7.53. The van der Waals surface area contributed by atoms with Crippen molar-refractivity contribution < 1.29 is 0 Å². The number of hydrogen-bond donors (Lipinski definition) is 0. The molecule has 0 aromatic carbocycles. The number of imidazole rings is 1. The molecule has 5 heteroatoms. The molecular weight excluding hydrogens is 272 g/mol. The van der Waals surface area contributed by atoms with Gasteiger partial charge in [0.25, 0.3) is 0 Å². The van der Waals surface area contributed by atoms with E-state index in [0.29, 0.717) is 5.41 Å². The number of alkyl halides is 1. The minimum Gasteiger partial charge on any atom is -0.311 e. The quantitative estimate of drug-likeness (QED) is 0.798. The Morgan fingerprint density at radius 3 is 2.60 bits per heavy atom. The van der Waals surface area contributed by atoms with Gasteiger partial charge in [0.1, 0.15) is 11.3 Å². The Hall–Kier alpha value is -1.03. The fourth-order valence-corrected chi connectivity index (χ4v) is 3.41. The third kappa shape index (κ3) is 2.05. The smallest absolute Gasteiger partial charge is 0.158 e. The van der Waals surface area contributed by atoms with Gasteiger partial charge in [-0.1, -0.05) is 13.3 Å². The van der Waals surface area contributed by atoms with Crippen LogP contribution in [0.2, 0.25) is 0 Å². The molecule has 0 radical (unpaired) electrons. The maximum atomic E-state index is 6.36. The van der Waals surface area contributed by atoms with E-state index in [9.17, 15) is 0 Å². The summed E-state index contributed by atoms with van der Waals surface area (Å²) in [6, 6.07) is 0. The topological polar surface area (TPSA) is 35.6 Å². The van der Waals surface area contributed by atoms with E-state index in [1.165, 1.54) is 19.3 Å². The number of aryl methyl sites for hydroxylation is 2. The molecular formula is C15H23ClN4. The second-order valence-corrected chi connectivity index (χ2v) is 7.06. The van der Waals surface area contributed by atoms with E-state index in [4.69, 9.17) is 16.6 Å². The Kier molecular flexibility index (Phi) is 3.32. The van der Waals surface area contributed by atoms with E-state index < -0.39 is 0 Å². The minimum atomic E-state index is -0.0733. The lowest BCUT2D eigenvalue weighted by Crippen LogP contribution is -2.31. The highest BCUT2D eigenvalue weighted by molar-refractivity contribution is 6.20.